The molecule has 0 aliphatic carbocycles. The molecule has 3 nitrogen and oxygen atoms in total. The topological polar surface area (TPSA) is 38.7 Å². The van der Waals surface area contributed by atoms with E-state index >= 15 is 0 Å². The highest BCUT2D eigenvalue weighted by Gasteiger charge is 2.05. The predicted molar refractivity (Wildman–Crippen MR) is 77.8 cm³/mol. The van der Waals surface area contributed by atoms with Gasteiger partial charge in [0.05, 0.1) is 17.7 Å². The van der Waals surface area contributed by atoms with Gasteiger partial charge in [-0.2, -0.15) is 0 Å². The number of ether oxygens (including phenoxy) is 2. The van der Waals surface area contributed by atoms with Gasteiger partial charge >= 0.3 is 0 Å². The van der Waals surface area contributed by atoms with Crippen molar-refractivity contribution in [2.45, 2.75) is 13.0 Å². The van der Waals surface area contributed by atoms with Crippen LogP contribution in [0.5, 0.6) is 17.2 Å². The first-order chi connectivity index (χ1) is 9.10. The second-order valence-electron chi connectivity index (χ2n) is 4.14. The van der Waals surface area contributed by atoms with Crippen LogP contribution in [0.1, 0.15) is 18.6 Å². The van der Waals surface area contributed by atoms with Crippen LogP contribution in [0.2, 0.25) is 0 Å². The number of benzene rings is 2. The molecule has 4 heteroatoms. The van der Waals surface area contributed by atoms with E-state index in [0.29, 0.717) is 5.75 Å². The van der Waals surface area contributed by atoms with Crippen LogP contribution in [0.15, 0.2) is 46.9 Å². The highest BCUT2D eigenvalue weighted by Crippen LogP contribution is 2.33. The summed E-state index contributed by atoms with van der Waals surface area (Å²) in [4.78, 5) is 0. The average molecular weight is 323 g/mol. The first-order valence-corrected chi connectivity index (χ1v) is 6.69. The number of hydrogen-bond acceptors (Lipinski definition) is 3. The van der Waals surface area contributed by atoms with Crippen molar-refractivity contribution in [1.82, 2.24) is 0 Å². The van der Waals surface area contributed by atoms with E-state index in [1.165, 1.54) is 0 Å². The van der Waals surface area contributed by atoms with Gasteiger partial charge in [-0.25, -0.2) is 0 Å². The molecule has 2 aromatic carbocycles. The van der Waals surface area contributed by atoms with E-state index in [-0.39, 0.29) is 0 Å². The van der Waals surface area contributed by atoms with E-state index < -0.39 is 6.10 Å². The zero-order chi connectivity index (χ0) is 13.8. The SMILES string of the molecule is COc1ccc(Oc2ccc([C@@H](C)O)cc2)c(Br)c1. The fourth-order valence-electron chi connectivity index (χ4n) is 1.63. The Labute approximate surface area is 120 Å². The molecule has 0 spiro atoms. The Morgan fingerprint density at radius 2 is 1.68 bits per heavy atom. The summed E-state index contributed by atoms with van der Waals surface area (Å²) in [5, 5.41) is 9.44. The van der Waals surface area contributed by atoms with Crippen molar-refractivity contribution in [3.63, 3.8) is 0 Å². The largest absolute Gasteiger partial charge is 0.497 e. The third-order valence-electron chi connectivity index (χ3n) is 2.73. The standard InChI is InChI=1S/C15H15BrO3/c1-10(17)11-3-5-12(6-4-11)19-15-8-7-13(18-2)9-14(15)16/h3-10,17H,1-2H3/t10-/m1/s1. The first-order valence-electron chi connectivity index (χ1n) is 5.89. The highest BCUT2D eigenvalue weighted by atomic mass is 79.9. The molecule has 0 radical (unpaired) electrons. The van der Waals surface area contributed by atoms with Crippen molar-refractivity contribution in [3.8, 4) is 17.2 Å². The normalized spacial score (nSPS) is 12.0. The van der Waals surface area contributed by atoms with Crippen molar-refractivity contribution in [2.75, 3.05) is 7.11 Å². The van der Waals surface area contributed by atoms with Gasteiger partial charge in [0.2, 0.25) is 0 Å². The monoisotopic (exact) mass is 322 g/mol. The number of hydrogen-bond donors (Lipinski definition) is 1. The zero-order valence-corrected chi connectivity index (χ0v) is 12.3. The number of rotatable bonds is 4. The molecule has 100 valence electrons. The molecule has 0 aromatic heterocycles. The lowest BCUT2D eigenvalue weighted by Gasteiger charge is -2.10. The second kappa shape index (κ2) is 6.08. The van der Waals surface area contributed by atoms with Crippen molar-refractivity contribution in [3.05, 3.63) is 52.5 Å². The third kappa shape index (κ3) is 3.49. The van der Waals surface area contributed by atoms with E-state index in [4.69, 9.17) is 9.47 Å². The van der Waals surface area contributed by atoms with Crippen LogP contribution in [0, 0.1) is 0 Å². The van der Waals surface area contributed by atoms with E-state index in [1.54, 1.807) is 14.0 Å². The van der Waals surface area contributed by atoms with Gasteiger partial charge in [-0.05, 0) is 58.7 Å². The van der Waals surface area contributed by atoms with Gasteiger partial charge in [-0.3, -0.25) is 0 Å². The Bertz CT molecular complexity index is 550. The Morgan fingerprint density at radius 1 is 1.05 bits per heavy atom. The summed E-state index contributed by atoms with van der Waals surface area (Å²) >= 11 is 3.44. The molecule has 0 amide bonds. The number of methoxy groups -OCH3 is 1. The molecule has 0 unspecified atom stereocenters. The second-order valence-corrected chi connectivity index (χ2v) is 5.00. The molecule has 0 saturated carbocycles. The van der Waals surface area contributed by atoms with Crippen LogP contribution in [0.25, 0.3) is 0 Å². The Morgan fingerprint density at radius 3 is 2.21 bits per heavy atom. The minimum Gasteiger partial charge on any atom is -0.497 e. The van der Waals surface area contributed by atoms with Gasteiger partial charge in [0.25, 0.3) is 0 Å². The maximum Gasteiger partial charge on any atom is 0.141 e. The van der Waals surface area contributed by atoms with Crippen LogP contribution in [0.4, 0.5) is 0 Å². The fourth-order valence-corrected chi connectivity index (χ4v) is 2.07. The van der Waals surface area contributed by atoms with E-state index in [2.05, 4.69) is 15.9 Å². The molecule has 0 heterocycles. The average Bonchev–Trinajstić information content (AvgIpc) is 2.41. The fraction of sp³-hybridized carbons (Fsp3) is 0.200. The van der Waals surface area contributed by atoms with Gasteiger partial charge in [-0.15, -0.1) is 0 Å². The Kier molecular flexibility index (Phi) is 4.45. The molecular weight excluding hydrogens is 308 g/mol. The van der Waals surface area contributed by atoms with Crippen LogP contribution >= 0.6 is 15.9 Å². The molecule has 2 aromatic rings. The lowest BCUT2D eigenvalue weighted by Crippen LogP contribution is -1.91. The van der Waals surface area contributed by atoms with Crippen LogP contribution < -0.4 is 9.47 Å². The van der Waals surface area contributed by atoms with Gasteiger partial charge in [0.1, 0.15) is 17.2 Å². The van der Waals surface area contributed by atoms with Crippen molar-refractivity contribution >= 4 is 15.9 Å². The number of halogens is 1. The lowest BCUT2D eigenvalue weighted by molar-refractivity contribution is 0.199. The smallest absolute Gasteiger partial charge is 0.141 e. The summed E-state index contributed by atoms with van der Waals surface area (Å²) in [5.41, 5.74) is 0.862. The zero-order valence-electron chi connectivity index (χ0n) is 10.8. The molecule has 19 heavy (non-hydrogen) atoms. The molecule has 1 N–H and O–H groups in total. The van der Waals surface area contributed by atoms with E-state index in [1.807, 2.05) is 42.5 Å². The van der Waals surface area contributed by atoms with Gasteiger partial charge in [-0.1, -0.05) is 12.1 Å². The van der Waals surface area contributed by atoms with Gasteiger partial charge in [0, 0.05) is 0 Å². The van der Waals surface area contributed by atoms with E-state index in [0.717, 1.165) is 21.5 Å². The summed E-state index contributed by atoms with van der Waals surface area (Å²) in [6, 6.07) is 12.9. The molecule has 0 aliphatic heterocycles. The van der Waals surface area contributed by atoms with Gasteiger partial charge in [0.15, 0.2) is 0 Å². The molecule has 1 atom stereocenters. The third-order valence-corrected chi connectivity index (χ3v) is 3.35. The summed E-state index contributed by atoms with van der Waals surface area (Å²) in [6.07, 6.45) is -0.471. The lowest BCUT2D eigenvalue weighted by atomic mass is 10.1. The molecule has 2 rings (SSSR count). The maximum absolute atomic E-state index is 9.44. The van der Waals surface area contributed by atoms with Crippen molar-refractivity contribution in [1.29, 1.82) is 0 Å². The summed E-state index contributed by atoms with van der Waals surface area (Å²) in [6.45, 7) is 1.73. The highest BCUT2D eigenvalue weighted by molar-refractivity contribution is 9.10. The summed E-state index contributed by atoms with van der Waals surface area (Å²) < 4.78 is 11.7. The number of aliphatic hydroxyl groups is 1. The van der Waals surface area contributed by atoms with Crippen molar-refractivity contribution < 1.29 is 14.6 Å². The van der Waals surface area contributed by atoms with Crippen LogP contribution in [0.3, 0.4) is 0 Å². The molecule has 0 fully saturated rings. The van der Waals surface area contributed by atoms with Crippen LogP contribution in [-0.4, -0.2) is 12.2 Å². The Hall–Kier alpha value is -1.52. The summed E-state index contributed by atoms with van der Waals surface area (Å²) in [5.74, 6) is 2.20. The molecule has 0 aliphatic rings. The van der Waals surface area contributed by atoms with E-state index in [9.17, 15) is 5.11 Å². The molecule has 0 saturated heterocycles. The summed E-state index contributed by atoms with van der Waals surface area (Å²) in [7, 11) is 1.62. The predicted octanol–water partition coefficient (Wildman–Crippen LogP) is 4.30. The molecule has 0 bridgehead atoms. The first kappa shape index (κ1) is 13.9. The maximum atomic E-state index is 9.44. The Balaban J connectivity index is 2.16. The minimum atomic E-state index is -0.471. The van der Waals surface area contributed by atoms with Crippen LogP contribution in [-0.2, 0) is 0 Å². The van der Waals surface area contributed by atoms with Crippen molar-refractivity contribution in [2.24, 2.45) is 0 Å². The molecular formula is C15H15BrO3. The quantitative estimate of drug-likeness (QED) is 0.911. The minimum absolute atomic E-state index is 0.471. The number of aliphatic hydroxyl groups excluding tert-OH is 1. The van der Waals surface area contributed by atoms with Gasteiger partial charge < -0.3 is 14.6 Å².